The van der Waals surface area contributed by atoms with Crippen molar-refractivity contribution in [3.8, 4) is 0 Å². The van der Waals surface area contributed by atoms with Gasteiger partial charge in [-0.3, -0.25) is 4.79 Å². The Morgan fingerprint density at radius 2 is 2.31 bits per heavy atom. The molecule has 2 rings (SSSR count). The number of carbonyl (C=O) groups is 1. The van der Waals surface area contributed by atoms with Gasteiger partial charge in [0.05, 0.1) is 17.9 Å². The molecule has 4 nitrogen and oxygen atoms in total. The van der Waals surface area contributed by atoms with Crippen molar-refractivity contribution in [2.75, 3.05) is 29.5 Å². The first-order valence-corrected chi connectivity index (χ1v) is 4.08. The summed E-state index contributed by atoms with van der Waals surface area (Å²) in [7, 11) is 1.75. The minimum absolute atomic E-state index is 0.0538. The van der Waals surface area contributed by atoms with Gasteiger partial charge in [-0.25, -0.2) is 0 Å². The lowest BCUT2D eigenvalue weighted by atomic mass is 10.2. The van der Waals surface area contributed by atoms with Gasteiger partial charge in [-0.15, -0.1) is 0 Å². The second-order valence-electron chi connectivity index (χ2n) is 3.08. The fourth-order valence-corrected chi connectivity index (χ4v) is 1.40. The molecule has 1 aromatic carbocycles. The molecular formula is C9H11N3O. The highest BCUT2D eigenvalue weighted by atomic mass is 16.2. The van der Waals surface area contributed by atoms with Crippen molar-refractivity contribution in [1.29, 1.82) is 0 Å². The van der Waals surface area contributed by atoms with Crippen LogP contribution in [0, 0.1) is 0 Å². The van der Waals surface area contributed by atoms with Crippen molar-refractivity contribution >= 4 is 23.0 Å². The Morgan fingerprint density at radius 3 is 3.08 bits per heavy atom. The molecule has 1 amide bonds. The number of hydrogen-bond acceptors (Lipinski definition) is 3. The van der Waals surface area contributed by atoms with Gasteiger partial charge in [-0.05, 0) is 18.2 Å². The molecule has 0 aromatic heterocycles. The molecular weight excluding hydrogens is 166 g/mol. The van der Waals surface area contributed by atoms with Crippen LogP contribution in [0.2, 0.25) is 0 Å². The lowest BCUT2D eigenvalue weighted by Gasteiger charge is -2.26. The number of amides is 1. The molecule has 0 saturated carbocycles. The molecule has 0 spiro atoms. The van der Waals surface area contributed by atoms with Gasteiger partial charge in [0.25, 0.3) is 0 Å². The van der Waals surface area contributed by atoms with Crippen LogP contribution in [0.5, 0.6) is 0 Å². The van der Waals surface area contributed by atoms with Crippen LogP contribution in [0.4, 0.5) is 17.1 Å². The topological polar surface area (TPSA) is 58.4 Å². The van der Waals surface area contributed by atoms with Gasteiger partial charge < -0.3 is 16.0 Å². The van der Waals surface area contributed by atoms with Gasteiger partial charge in [0.2, 0.25) is 5.91 Å². The Hall–Kier alpha value is -1.71. The van der Waals surface area contributed by atoms with E-state index < -0.39 is 0 Å². The zero-order chi connectivity index (χ0) is 9.42. The quantitative estimate of drug-likeness (QED) is 0.572. The number of likely N-dealkylation sites (N-methyl/N-ethyl adjacent to an activating group) is 1. The van der Waals surface area contributed by atoms with Crippen LogP contribution < -0.4 is 16.0 Å². The molecule has 3 N–H and O–H groups in total. The lowest BCUT2D eigenvalue weighted by Crippen LogP contribution is -2.36. The summed E-state index contributed by atoms with van der Waals surface area (Å²) in [4.78, 5) is 12.9. The predicted octanol–water partition coefficient (Wildman–Crippen LogP) is 0.657. The highest BCUT2D eigenvalue weighted by Gasteiger charge is 2.19. The van der Waals surface area contributed by atoms with E-state index >= 15 is 0 Å². The summed E-state index contributed by atoms with van der Waals surface area (Å²) in [6.45, 7) is 0.355. The fourth-order valence-electron chi connectivity index (χ4n) is 1.40. The van der Waals surface area contributed by atoms with Crippen LogP contribution in [0.1, 0.15) is 0 Å². The Balaban J connectivity index is 2.51. The molecule has 0 radical (unpaired) electrons. The number of nitrogen functional groups attached to an aromatic ring is 1. The standard InChI is InChI=1S/C9H11N3O/c1-12-8-4-6(10)2-3-7(8)11-5-9(12)13/h2-4,11H,5,10H2,1H3. The third-order valence-electron chi connectivity index (χ3n) is 2.19. The molecule has 0 bridgehead atoms. The third kappa shape index (κ3) is 1.20. The summed E-state index contributed by atoms with van der Waals surface area (Å²) >= 11 is 0. The predicted molar refractivity (Wildman–Crippen MR) is 52.8 cm³/mol. The van der Waals surface area contributed by atoms with Gasteiger partial charge in [0.1, 0.15) is 0 Å². The van der Waals surface area contributed by atoms with E-state index in [4.69, 9.17) is 5.73 Å². The normalized spacial score (nSPS) is 15.2. The van der Waals surface area contributed by atoms with E-state index in [0.29, 0.717) is 12.2 Å². The average Bonchev–Trinajstić information content (AvgIpc) is 2.12. The minimum atomic E-state index is 0.0538. The Bertz CT molecular complexity index is 362. The number of nitrogens with zero attached hydrogens (tertiary/aromatic N) is 1. The second kappa shape index (κ2) is 2.65. The van der Waals surface area contributed by atoms with Crippen molar-refractivity contribution in [3.05, 3.63) is 18.2 Å². The molecule has 1 heterocycles. The first-order chi connectivity index (χ1) is 6.18. The van der Waals surface area contributed by atoms with Gasteiger partial charge in [0, 0.05) is 12.7 Å². The van der Waals surface area contributed by atoms with E-state index in [1.54, 1.807) is 18.0 Å². The SMILES string of the molecule is CN1C(=O)CNc2ccc(N)cc21. The molecule has 68 valence electrons. The van der Waals surface area contributed by atoms with Gasteiger partial charge in [-0.2, -0.15) is 0 Å². The van der Waals surface area contributed by atoms with Gasteiger partial charge >= 0.3 is 0 Å². The molecule has 0 aliphatic carbocycles. The summed E-state index contributed by atoms with van der Waals surface area (Å²) < 4.78 is 0. The first kappa shape index (κ1) is 7.91. The number of nitrogens with one attached hydrogen (secondary N) is 1. The van der Waals surface area contributed by atoms with Crippen LogP contribution in [-0.2, 0) is 4.79 Å². The van der Waals surface area contributed by atoms with Gasteiger partial charge in [0.15, 0.2) is 0 Å². The highest BCUT2D eigenvalue weighted by molar-refractivity contribution is 6.02. The van der Waals surface area contributed by atoms with E-state index in [0.717, 1.165) is 11.4 Å². The van der Waals surface area contributed by atoms with Crippen molar-refractivity contribution in [1.82, 2.24) is 0 Å². The number of fused-ring (bicyclic) bond motifs is 1. The van der Waals surface area contributed by atoms with Crippen molar-refractivity contribution < 1.29 is 4.79 Å². The smallest absolute Gasteiger partial charge is 0.246 e. The van der Waals surface area contributed by atoms with Crippen LogP contribution >= 0.6 is 0 Å². The van der Waals surface area contributed by atoms with E-state index in [1.807, 2.05) is 12.1 Å². The number of rotatable bonds is 0. The largest absolute Gasteiger partial charge is 0.399 e. The maximum Gasteiger partial charge on any atom is 0.246 e. The average molecular weight is 177 g/mol. The lowest BCUT2D eigenvalue weighted by molar-refractivity contribution is -0.116. The van der Waals surface area contributed by atoms with Gasteiger partial charge in [-0.1, -0.05) is 0 Å². The van der Waals surface area contributed by atoms with E-state index in [1.165, 1.54) is 0 Å². The molecule has 13 heavy (non-hydrogen) atoms. The third-order valence-corrected chi connectivity index (χ3v) is 2.19. The van der Waals surface area contributed by atoms with Crippen LogP contribution in [0.15, 0.2) is 18.2 Å². The van der Waals surface area contributed by atoms with Crippen LogP contribution in [0.3, 0.4) is 0 Å². The summed E-state index contributed by atoms with van der Waals surface area (Å²) in [5.74, 6) is 0.0538. The number of benzene rings is 1. The molecule has 1 aromatic rings. The van der Waals surface area contributed by atoms with Crippen molar-refractivity contribution in [2.45, 2.75) is 0 Å². The number of hydrogen-bond donors (Lipinski definition) is 2. The molecule has 0 fully saturated rings. The summed E-state index contributed by atoms with van der Waals surface area (Å²) in [6, 6.07) is 5.49. The minimum Gasteiger partial charge on any atom is -0.399 e. The Morgan fingerprint density at radius 1 is 1.54 bits per heavy atom. The maximum atomic E-state index is 11.3. The zero-order valence-electron chi connectivity index (χ0n) is 7.37. The summed E-state index contributed by atoms with van der Waals surface area (Å²) in [5.41, 5.74) is 8.09. The number of anilines is 3. The number of carbonyl (C=O) groups excluding carboxylic acids is 1. The first-order valence-electron chi connectivity index (χ1n) is 4.08. The van der Waals surface area contributed by atoms with E-state index in [9.17, 15) is 4.79 Å². The monoisotopic (exact) mass is 177 g/mol. The molecule has 0 atom stereocenters. The van der Waals surface area contributed by atoms with E-state index in [-0.39, 0.29) is 5.91 Å². The maximum absolute atomic E-state index is 11.3. The Kier molecular flexibility index (Phi) is 1.62. The van der Waals surface area contributed by atoms with Crippen LogP contribution in [-0.4, -0.2) is 19.5 Å². The molecule has 1 aliphatic heterocycles. The molecule has 0 saturated heterocycles. The molecule has 0 unspecified atom stereocenters. The number of nitrogens with two attached hydrogens (primary N) is 1. The highest BCUT2D eigenvalue weighted by Crippen LogP contribution is 2.29. The zero-order valence-corrected chi connectivity index (χ0v) is 7.37. The molecule has 1 aliphatic rings. The van der Waals surface area contributed by atoms with Crippen LogP contribution in [0.25, 0.3) is 0 Å². The van der Waals surface area contributed by atoms with Crippen molar-refractivity contribution in [3.63, 3.8) is 0 Å². The second-order valence-corrected chi connectivity index (χ2v) is 3.08. The molecule has 4 heteroatoms. The summed E-state index contributed by atoms with van der Waals surface area (Å²) in [5, 5.41) is 3.02. The van der Waals surface area contributed by atoms with Crippen molar-refractivity contribution in [2.24, 2.45) is 0 Å². The van der Waals surface area contributed by atoms with E-state index in [2.05, 4.69) is 5.32 Å². The fraction of sp³-hybridized carbons (Fsp3) is 0.222. The summed E-state index contributed by atoms with van der Waals surface area (Å²) in [6.07, 6.45) is 0. The Labute approximate surface area is 76.3 Å².